The Morgan fingerprint density at radius 2 is 2.00 bits per heavy atom. The summed E-state index contributed by atoms with van der Waals surface area (Å²) < 4.78 is 13.8. The number of para-hydroxylation sites is 1. The average molecular weight is 330 g/mol. The topological polar surface area (TPSA) is 50.7 Å². The van der Waals surface area contributed by atoms with Crippen LogP contribution >= 0.6 is 11.8 Å². The molecule has 1 N–H and O–H groups in total. The molecule has 0 saturated carbocycles. The number of benzene rings is 2. The summed E-state index contributed by atoms with van der Waals surface area (Å²) in [7, 11) is 0. The monoisotopic (exact) mass is 330 g/mol. The average Bonchev–Trinajstić information content (AvgIpc) is 3.05. The van der Waals surface area contributed by atoms with E-state index in [1.807, 2.05) is 30.5 Å². The van der Waals surface area contributed by atoms with Crippen LogP contribution in [0.4, 0.5) is 10.1 Å². The molecule has 0 unspecified atom stereocenters. The second-order valence-electron chi connectivity index (χ2n) is 5.01. The lowest BCUT2D eigenvalue weighted by Gasteiger charge is -2.12. The summed E-state index contributed by atoms with van der Waals surface area (Å²) in [5.41, 5.74) is 1.54. The van der Waals surface area contributed by atoms with Crippen LogP contribution in [0, 0.1) is 5.82 Å². The van der Waals surface area contributed by atoms with Crippen molar-refractivity contribution in [2.24, 2.45) is 5.16 Å². The molecule has 0 saturated heterocycles. The van der Waals surface area contributed by atoms with E-state index in [2.05, 4.69) is 10.5 Å². The van der Waals surface area contributed by atoms with E-state index in [0.717, 1.165) is 10.6 Å². The van der Waals surface area contributed by atoms with E-state index in [0.29, 0.717) is 11.3 Å². The SMILES string of the molecule is CSc1ccccc1NC(=O)[C@@H]1CC(c2ccccc2F)=NO1. The minimum atomic E-state index is -0.750. The molecule has 0 spiro atoms. The standard InChI is InChI=1S/C17H15FN2O2S/c1-23-16-9-5-4-8-13(16)19-17(21)15-10-14(20-22-15)11-6-2-3-7-12(11)18/h2-9,15H,10H2,1H3,(H,19,21)/t15-/m0/s1. The highest BCUT2D eigenvalue weighted by atomic mass is 32.2. The minimum absolute atomic E-state index is 0.244. The third kappa shape index (κ3) is 3.37. The predicted octanol–water partition coefficient (Wildman–Crippen LogP) is 3.68. The zero-order valence-electron chi connectivity index (χ0n) is 12.5. The number of nitrogens with zero attached hydrogens (tertiary/aromatic N) is 1. The van der Waals surface area contributed by atoms with E-state index in [1.165, 1.54) is 6.07 Å². The first-order valence-electron chi connectivity index (χ1n) is 7.10. The molecule has 118 valence electrons. The van der Waals surface area contributed by atoms with Crippen molar-refractivity contribution in [2.75, 3.05) is 11.6 Å². The molecule has 0 fully saturated rings. The molecule has 0 radical (unpaired) electrons. The molecule has 1 amide bonds. The van der Waals surface area contributed by atoms with Crippen LogP contribution < -0.4 is 5.32 Å². The summed E-state index contributed by atoms with van der Waals surface area (Å²) in [6.07, 6.45) is 1.43. The first-order chi connectivity index (χ1) is 11.2. The van der Waals surface area contributed by atoms with Crippen LogP contribution in [0.3, 0.4) is 0 Å². The van der Waals surface area contributed by atoms with Gasteiger partial charge < -0.3 is 10.2 Å². The van der Waals surface area contributed by atoms with Gasteiger partial charge >= 0.3 is 0 Å². The maximum Gasteiger partial charge on any atom is 0.268 e. The summed E-state index contributed by atoms with van der Waals surface area (Å²) in [6.45, 7) is 0. The van der Waals surface area contributed by atoms with Gasteiger partial charge in [0.2, 0.25) is 6.10 Å². The van der Waals surface area contributed by atoms with Gasteiger partial charge in [0.15, 0.2) is 0 Å². The van der Waals surface area contributed by atoms with Crippen LogP contribution in [0.5, 0.6) is 0 Å². The summed E-state index contributed by atoms with van der Waals surface area (Å²) in [4.78, 5) is 18.5. The van der Waals surface area contributed by atoms with Gasteiger partial charge in [0.05, 0.1) is 11.4 Å². The summed E-state index contributed by atoms with van der Waals surface area (Å²) in [6, 6.07) is 13.8. The van der Waals surface area contributed by atoms with Gasteiger partial charge in [-0.15, -0.1) is 11.8 Å². The molecule has 4 nitrogen and oxygen atoms in total. The van der Waals surface area contributed by atoms with Crippen molar-refractivity contribution >= 4 is 29.1 Å². The number of anilines is 1. The number of hydrogen-bond acceptors (Lipinski definition) is 4. The number of carbonyl (C=O) groups is 1. The van der Waals surface area contributed by atoms with Crippen LogP contribution in [-0.2, 0) is 9.63 Å². The fourth-order valence-electron chi connectivity index (χ4n) is 2.33. The number of carbonyl (C=O) groups excluding carboxylic acids is 1. The first kappa shape index (κ1) is 15.6. The molecule has 2 aromatic carbocycles. The molecule has 1 heterocycles. The Labute approximate surface area is 137 Å². The van der Waals surface area contributed by atoms with Crippen LogP contribution in [-0.4, -0.2) is 24.0 Å². The number of rotatable bonds is 4. The van der Waals surface area contributed by atoms with Crippen molar-refractivity contribution in [3.05, 3.63) is 59.9 Å². The molecule has 0 aromatic heterocycles. The first-order valence-corrected chi connectivity index (χ1v) is 8.33. The molecular formula is C17H15FN2O2S. The van der Waals surface area contributed by atoms with E-state index in [1.54, 1.807) is 30.0 Å². The van der Waals surface area contributed by atoms with Crippen molar-refractivity contribution in [1.29, 1.82) is 0 Å². The van der Waals surface area contributed by atoms with E-state index in [-0.39, 0.29) is 18.1 Å². The van der Waals surface area contributed by atoms with Crippen molar-refractivity contribution in [1.82, 2.24) is 0 Å². The largest absolute Gasteiger partial charge is 0.382 e. The lowest BCUT2D eigenvalue weighted by molar-refractivity contribution is -0.125. The number of oxime groups is 1. The normalized spacial score (nSPS) is 16.6. The Balaban J connectivity index is 1.68. The van der Waals surface area contributed by atoms with Crippen LogP contribution in [0.15, 0.2) is 58.6 Å². The Morgan fingerprint density at radius 1 is 1.26 bits per heavy atom. The van der Waals surface area contributed by atoms with Crippen LogP contribution in [0.25, 0.3) is 0 Å². The summed E-state index contributed by atoms with van der Waals surface area (Å²) in [5, 5.41) is 6.70. The van der Waals surface area contributed by atoms with Gasteiger partial charge in [-0.05, 0) is 24.5 Å². The minimum Gasteiger partial charge on any atom is -0.382 e. The number of thioether (sulfide) groups is 1. The maximum absolute atomic E-state index is 13.8. The second kappa shape index (κ2) is 6.83. The summed E-state index contributed by atoms with van der Waals surface area (Å²) in [5.74, 6) is -0.662. The summed E-state index contributed by atoms with van der Waals surface area (Å²) >= 11 is 1.55. The van der Waals surface area contributed by atoms with Gasteiger partial charge in [-0.2, -0.15) is 0 Å². The van der Waals surface area contributed by atoms with Crippen molar-refractivity contribution < 1.29 is 14.0 Å². The molecule has 2 aromatic rings. The molecule has 6 heteroatoms. The highest BCUT2D eigenvalue weighted by molar-refractivity contribution is 7.98. The molecule has 0 bridgehead atoms. The highest BCUT2D eigenvalue weighted by Gasteiger charge is 2.30. The maximum atomic E-state index is 13.8. The van der Waals surface area contributed by atoms with E-state index < -0.39 is 6.10 Å². The molecule has 3 rings (SSSR count). The van der Waals surface area contributed by atoms with Gasteiger partial charge in [0, 0.05) is 16.9 Å². The fourth-order valence-corrected chi connectivity index (χ4v) is 2.89. The van der Waals surface area contributed by atoms with Gasteiger partial charge in [-0.1, -0.05) is 35.5 Å². The number of amides is 1. The van der Waals surface area contributed by atoms with Crippen molar-refractivity contribution in [2.45, 2.75) is 17.4 Å². The molecule has 0 aliphatic carbocycles. The van der Waals surface area contributed by atoms with Crippen molar-refractivity contribution in [3.8, 4) is 0 Å². The van der Waals surface area contributed by atoms with E-state index in [4.69, 9.17) is 4.84 Å². The Kier molecular flexibility index (Phi) is 4.62. The number of hydrogen-bond donors (Lipinski definition) is 1. The zero-order valence-corrected chi connectivity index (χ0v) is 13.3. The lowest BCUT2D eigenvalue weighted by atomic mass is 10.0. The van der Waals surface area contributed by atoms with E-state index >= 15 is 0 Å². The lowest BCUT2D eigenvalue weighted by Crippen LogP contribution is -2.28. The smallest absolute Gasteiger partial charge is 0.268 e. The molecular weight excluding hydrogens is 315 g/mol. The molecule has 1 aliphatic heterocycles. The Hall–Kier alpha value is -2.34. The molecule has 1 atom stereocenters. The predicted molar refractivity (Wildman–Crippen MR) is 89.3 cm³/mol. The number of nitrogens with one attached hydrogen (secondary N) is 1. The van der Waals surface area contributed by atoms with Crippen LogP contribution in [0.2, 0.25) is 0 Å². The van der Waals surface area contributed by atoms with Gasteiger partial charge in [-0.25, -0.2) is 4.39 Å². The van der Waals surface area contributed by atoms with Gasteiger partial charge in [0.1, 0.15) is 5.82 Å². The Morgan fingerprint density at radius 3 is 2.78 bits per heavy atom. The highest BCUT2D eigenvalue weighted by Crippen LogP contribution is 2.26. The molecule has 1 aliphatic rings. The molecule has 23 heavy (non-hydrogen) atoms. The van der Waals surface area contributed by atoms with Crippen molar-refractivity contribution in [3.63, 3.8) is 0 Å². The third-order valence-electron chi connectivity index (χ3n) is 3.51. The third-order valence-corrected chi connectivity index (χ3v) is 4.31. The second-order valence-corrected chi connectivity index (χ2v) is 5.85. The Bertz CT molecular complexity index is 764. The van der Waals surface area contributed by atoms with Gasteiger partial charge in [0.25, 0.3) is 5.91 Å². The fraction of sp³-hybridized carbons (Fsp3) is 0.176. The van der Waals surface area contributed by atoms with Gasteiger partial charge in [-0.3, -0.25) is 4.79 Å². The number of halogens is 1. The van der Waals surface area contributed by atoms with Crippen LogP contribution in [0.1, 0.15) is 12.0 Å². The zero-order chi connectivity index (χ0) is 16.2. The van der Waals surface area contributed by atoms with E-state index in [9.17, 15) is 9.18 Å². The quantitative estimate of drug-likeness (QED) is 0.870.